The number of ether oxygens (including phenoxy) is 1. The van der Waals surface area contributed by atoms with Gasteiger partial charge in [-0.25, -0.2) is 9.07 Å². The van der Waals surface area contributed by atoms with Gasteiger partial charge in [0.2, 0.25) is 5.88 Å². The second-order valence-electron chi connectivity index (χ2n) is 8.98. The smallest absolute Gasteiger partial charge is 0.233 e. The molecular weight excluding hydrogens is 399 g/mol. The number of phenolic OH excluding ortho intramolecular Hbond substituents is 1. The highest BCUT2D eigenvalue weighted by Crippen LogP contribution is 2.51. The molecular formula is C22H25FN6O2. The number of hydrogen-bond donors (Lipinski definition) is 1. The zero-order chi connectivity index (χ0) is 21.8. The van der Waals surface area contributed by atoms with E-state index in [1.807, 2.05) is 14.0 Å². The lowest BCUT2D eigenvalue weighted by atomic mass is 9.82. The van der Waals surface area contributed by atoms with Gasteiger partial charge < -0.3 is 9.84 Å². The van der Waals surface area contributed by atoms with Crippen LogP contribution in [0, 0.1) is 0 Å². The summed E-state index contributed by atoms with van der Waals surface area (Å²) in [5.74, 6) is 0.332. The summed E-state index contributed by atoms with van der Waals surface area (Å²) in [5.41, 5.74) is 1.10. The lowest BCUT2D eigenvalue weighted by molar-refractivity contribution is -0.0887. The van der Waals surface area contributed by atoms with Crippen molar-refractivity contribution < 1.29 is 14.2 Å². The molecule has 0 amide bonds. The molecule has 0 saturated carbocycles. The number of aromatic nitrogens is 5. The maximum Gasteiger partial charge on any atom is 0.233 e. The quantitative estimate of drug-likeness (QED) is 0.688. The lowest BCUT2D eigenvalue weighted by Crippen LogP contribution is -2.64. The molecule has 9 heteroatoms. The van der Waals surface area contributed by atoms with Crippen molar-refractivity contribution in [2.45, 2.75) is 56.5 Å². The highest BCUT2D eigenvalue weighted by Gasteiger charge is 2.60. The van der Waals surface area contributed by atoms with Crippen LogP contribution in [0.2, 0.25) is 0 Å². The Bertz CT molecular complexity index is 1090. The maximum absolute atomic E-state index is 15.3. The summed E-state index contributed by atoms with van der Waals surface area (Å²) in [7, 11) is 2.00. The van der Waals surface area contributed by atoms with Crippen molar-refractivity contribution >= 4 is 0 Å². The Hall–Kier alpha value is -3.07. The van der Waals surface area contributed by atoms with Gasteiger partial charge in [-0.15, -0.1) is 15.3 Å². The Morgan fingerprint density at radius 3 is 2.68 bits per heavy atom. The van der Waals surface area contributed by atoms with Gasteiger partial charge in [0.05, 0.1) is 29.3 Å². The van der Waals surface area contributed by atoms with E-state index in [1.54, 1.807) is 47.4 Å². The van der Waals surface area contributed by atoms with Gasteiger partial charge in [-0.2, -0.15) is 0 Å². The van der Waals surface area contributed by atoms with E-state index in [9.17, 15) is 5.11 Å². The molecule has 2 fully saturated rings. The topological polar surface area (TPSA) is 89.2 Å². The van der Waals surface area contributed by atoms with E-state index < -0.39 is 17.8 Å². The van der Waals surface area contributed by atoms with E-state index in [0.717, 1.165) is 12.8 Å². The van der Waals surface area contributed by atoms with Crippen molar-refractivity contribution in [3.63, 3.8) is 0 Å². The SMILES string of the molecule is CN1[C@@]2(C)CC[C@]1(C)[C@H](F)[C@@H](Oc1ccc(-c3ccc(-n4ccnn4)cc3O)nn1)C2. The van der Waals surface area contributed by atoms with E-state index in [-0.39, 0.29) is 17.2 Å². The number of phenols is 1. The second-order valence-corrected chi connectivity index (χ2v) is 8.98. The highest BCUT2D eigenvalue weighted by molar-refractivity contribution is 5.68. The zero-order valence-electron chi connectivity index (χ0n) is 17.7. The number of nitrogens with zero attached hydrogens (tertiary/aromatic N) is 6. The molecule has 4 atom stereocenters. The molecule has 2 bridgehead atoms. The minimum absolute atomic E-state index is 0.0486. The fraction of sp³-hybridized carbons (Fsp3) is 0.455. The van der Waals surface area contributed by atoms with Crippen molar-refractivity contribution in [3.8, 4) is 28.6 Å². The van der Waals surface area contributed by atoms with Gasteiger partial charge in [-0.1, -0.05) is 5.21 Å². The van der Waals surface area contributed by atoms with Gasteiger partial charge in [0.15, 0.2) is 6.17 Å². The van der Waals surface area contributed by atoms with E-state index in [2.05, 4.69) is 32.3 Å². The first kappa shape index (κ1) is 19.9. The standard InChI is InChI=1S/C22H25FN6O2/c1-21-8-9-22(2,28(21)3)20(23)18(13-21)31-19-7-6-16(25-26-19)15-5-4-14(12-17(15)30)29-11-10-24-27-29/h4-7,10-12,18,20,30H,8-9,13H2,1-3H3/t18-,20+,21-,22+/m0/s1. The third-order valence-corrected chi connectivity index (χ3v) is 7.16. The van der Waals surface area contributed by atoms with Gasteiger partial charge in [0, 0.05) is 29.7 Å². The molecule has 2 aliphatic heterocycles. The van der Waals surface area contributed by atoms with Crippen molar-refractivity contribution in [3.05, 3.63) is 42.7 Å². The number of aromatic hydroxyl groups is 1. The average Bonchev–Trinajstić information content (AvgIpc) is 3.35. The molecule has 4 heterocycles. The van der Waals surface area contributed by atoms with E-state index in [0.29, 0.717) is 23.4 Å². The summed E-state index contributed by atoms with van der Waals surface area (Å²) < 4.78 is 22.8. The van der Waals surface area contributed by atoms with Crippen LogP contribution in [0.1, 0.15) is 33.1 Å². The predicted molar refractivity (Wildman–Crippen MR) is 112 cm³/mol. The molecule has 2 aliphatic rings. The van der Waals surface area contributed by atoms with Crippen LogP contribution in [0.15, 0.2) is 42.7 Å². The predicted octanol–water partition coefficient (Wildman–Crippen LogP) is 3.16. The largest absolute Gasteiger partial charge is 0.507 e. The van der Waals surface area contributed by atoms with Gasteiger partial charge in [-0.3, -0.25) is 4.90 Å². The normalized spacial score (nSPS) is 30.5. The van der Waals surface area contributed by atoms with Crippen molar-refractivity contribution in [2.75, 3.05) is 7.05 Å². The van der Waals surface area contributed by atoms with Gasteiger partial charge in [0.1, 0.15) is 11.9 Å². The Morgan fingerprint density at radius 2 is 2.00 bits per heavy atom. The second kappa shape index (κ2) is 6.98. The van der Waals surface area contributed by atoms with Crippen molar-refractivity contribution in [1.82, 2.24) is 30.1 Å². The monoisotopic (exact) mass is 424 g/mol. The minimum Gasteiger partial charge on any atom is -0.507 e. The first-order valence-electron chi connectivity index (χ1n) is 10.4. The fourth-order valence-corrected chi connectivity index (χ4v) is 4.98. The minimum atomic E-state index is -1.11. The fourth-order valence-electron chi connectivity index (χ4n) is 4.98. The molecule has 2 saturated heterocycles. The molecule has 5 rings (SSSR count). The molecule has 0 unspecified atom stereocenters. The van der Waals surface area contributed by atoms with Gasteiger partial charge in [-0.05, 0) is 51.9 Å². The van der Waals surface area contributed by atoms with Crippen LogP contribution in [-0.2, 0) is 0 Å². The van der Waals surface area contributed by atoms with Crippen LogP contribution in [-0.4, -0.2) is 65.6 Å². The van der Waals surface area contributed by atoms with E-state index >= 15 is 4.39 Å². The summed E-state index contributed by atoms with van der Waals surface area (Å²) >= 11 is 0. The molecule has 0 radical (unpaired) electrons. The van der Waals surface area contributed by atoms with Crippen molar-refractivity contribution in [2.24, 2.45) is 0 Å². The summed E-state index contributed by atoms with van der Waals surface area (Å²) in [5, 5.41) is 26.4. The summed E-state index contributed by atoms with van der Waals surface area (Å²) in [6.45, 7) is 4.14. The maximum atomic E-state index is 15.3. The Morgan fingerprint density at radius 1 is 1.16 bits per heavy atom. The first-order valence-corrected chi connectivity index (χ1v) is 10.4. The third-order valence-electron chi connectivity index (χ3n) is 7.16. The number of fused-ring (bicyclic) bond motifs is 2. The Balaban J connectivity index is 1.34. The molecule has 162 valence electrons. The van der Waals surface area contributed by atoms with Gasteiger partial charge in [0.25, 0.3) is 0 Å². The van der Waals surface area contributed by atoms with Crippen LogP contribution in [0.3, 0.4) is 0 Å². The van der Waals surface area contributed by atoms with Crippen LogP contribution < -0.4 is 4.74 Å². The van der Waals surface area contributed by atoms with Crippen molar-refractivity contribution in [1.29, 1.82) is 0 Å². The molecule has 0 aliphatic carbocycles. The van der Waals surface area contributed by atoms with E-state index in [4.69, 9.17) is 4.74 Å². The summed E-state index contributed by atoms with van der Waals surface area (Å²) in [6, 6.07) is 8.51. The summed E-state index contributed by atoms with van der Waals surface area (Å²) in [4.78, 5) is 2.17. The van der Waals surface area contributed by atoms with Crippen LogP contribution >= 0.6 is 0 Å². The number of alkyl halides is 1. The van der Waals surface area contributed by atoms with Crippen LogP contribution in [0.5, 0.6) is 11.6 Å². The molecule has 31 heavy (non-hydrogen) atoms. The molecule has 1 N–H and O–H groups in total. The first-order chi connectivity index (χ1) is 14.8. The lowest BCUT2D eigenvalue weighted by Gasteiger charge is -2.50. The molecule has 0 spiro atoms. The van der Waals surface area contributed by atoms with Gasteiger partial charge >= 0.3 is 0 Å². The molecule has 1 aromatic carbocycles. The average molecular weight is 424 g/mol. The number of benzene rings is 1. The van der Waals surface area contributed by atoms with Crippen LogP contribution in [0.25, 0.3) is 16.9 Å². The highest BCUT2D eigenvalue weighted by atomic mass is 19.1. The third kappa shape index (κ3) is 3.15. The Kier molecular flexibility index (Phi) is 4.47. The molecule has 8 nitrogen and oxygen atoms in total. The Labute approximate surface area is 179 Å². The molecule has 3 aromatic rings. The summed E-state index contributed by atoms with van der Waals surface area (Å²) in [6.07, 6.45) is 3.95. The number of rotatable bonds is 4. The van der Waals surface area contributed by atoms with E-state index in [1.165, 1.54) is 0 Å². The number of hydrogen-bond acceptors (Lipinski definition) is 7. The molecule has 2 aromatic heterocycles. The number of halogens is 1. The number of piperidine rings is 1. The zero-order valence-corrected chi connectivity index (χ0v) is 17.7. The van der Waals surface area contributed by atoms with Crippen LogP contribution in [0.4, 0.5) is 4.39 Å².